The van der Waals surface area contributed by atoms with Gasteiger partial charge in [0.2, 0.25) is 11.8 Å². The van der Waals surface area contributed by atoms with E-state index in [1.165, 1.54) is 0 Å². The lowest BCUT2D eigenvalue weighted by Crippen LogP contribution is -2.47. The van der Waals surface area contributed by atoms with Crippen molar-refractivity contribution in [3.8, 4) is 0 Å². The van der Waals surface area contributed by atoms with E-state index < -0.39 is 0 Å². The highest BCUT2D eigenvalue weighted by atomic mass is 16.2. The fraction of sp³-hybridized carbons (Fsp3) is 0.722. The number of piperidine rings is 1. The lowest BCUT2D eigenvalue weighted by molar-refractivity contribution is -0.121. The molecule has 7 heteroatoms. The molecular formula is C18H31N5O2. The molecule has 1 aromatic rings. The van der Waals surface area contributed by atoms with Crippen molar-refractivity contribution in [3.05, 3.63) is 12.3 Å². The van der Waals surface area contributed by atoms with Crippen LogP contribution in [0, 0.1) is 5.92 Å². The van der Waals surface area contributed by atoms with Crippen LogP contribution in [0.4, 0.5) is 5.82 Å². The summed E-state index contributed by atoms with van der Waals surface area (Å²) in [6.45, 7) is 10.2. The summed E-state index contributed by atoms with van der Waals surface area (Å²) in [4.78, 5) is 25.8. The zero-order chi connectivity index (χ0) is 18.4. The minimum atomic E-state index is -0.179. The summed E-state index contributed by atoms with van der Waals surface area (Å²) >= 11 is 0. The second-order valence-electron chi connectivity index (χ2n) is 7.00. The highest BCUT2D eigenvalue weighted by Crippen LogP contribution is 2.20. The van der Waals surface area contributed by atoms with E-state index in [0.717, 1.165) is 44.7 Å². The van der Waals surface area contributed by atoms with Crippen LogP contribution < -0.4 is 10.6 Å². The molecule has 0 bridgehead atoms. The Labute approximate surface area is 150 Å². The molecule has 1 aliphatic heterocycles. The number of likely N-dealkylation sites (tertiary alicyclic amines) is 1. The minimum absolute atomic E-state index is 0.00497. The standard InChI is InChI=1S/C18H31N5O2/c1-5-13(2)23-17(6-9-20-23)21-18(25)14(3)22-10-7-16(8-11-22)12-19-15(4)24/h6,9,13-14,16H,5,7-8,10-12H2,1-4H3,(H,19,24)(H,21,25)/t13-,14+/m0/s1. The zero-order valence-electron chi connectivity index (χ0n) is 15.8. The first-order valence-corrected chi connectivity index (χ1v) is 9.25. The Bertz CT molecular complexity index is 578. The number of nitrogens with zero attached hydrogens (tertiary/aromatic N) is 3. The van der Waals surface area contributed by atoms with E-state index >= 15 is 0 Å². The SMILES string of the molecule is CC[C@H](C)n1nccc1NC(=O)[C@@H](C)N1CCC(CNC(C)=O)CC1. The molecule has 0 aliphatic carbocycles. The Morgan fingerprint density at radius 1 is 1.32 bits per heavy atom. The number of aromatic nitrogens is 2. The summed E-state index contributed by atoms with van der Waals surface area (Å²) in [6, 6.07) is 1.92. The number of rotatable bonds is 7. The van der Waals surface area contributed by atoms with Gasteiger partial charge in [0.15, 0.2) is 0 Å². The largest absolute Gasteiger partial charge is 0.356 e. The van der Waals surface area contributed by atoms with Crippen LogP contribution in [0.2, 0.25) is 0 Å². The van der Waals surface area contributed by atoms with Crippen molar-refractivity contribution >= 4 is 17.6 Å². The molecule has 2 atom stereocenters. The van der Waals surface area contributed by atoms with Gasteiger partial charge in [-0.05, 0) is 52.1 Å². The van der Waals surface area contributed by atoms with Crippen LogP contribution in [0.3, 0.4) is 0 Å². The van der Waals surface area contributed by atoms with E-state index in [4.69, 9.17) is 0 Å². The summed E-state index contributed by atoms with van der Waals surface area (Å²) in [7, 11) is 0. The fourth-order valence-electron chi connectivity index (χ4n) is 3.17. The molecule has 2 N–H and O–H groups in total. The Balaban J connectivity index is 1.85. The number of anilines is 1. The van der Waals surface area contributed by atoms with Gasteiger partial charge in [-0.25, -0.2) is 4.68 Å². The molecule has 0 radical (unpaired) electrons. The van der Waals surface area contributed by atoms with Gasteiger partial charge in [0.25, 0.3) is 0 Å². The molecule has 1 saturated heterocycles. The average molecular weight is 349 g/mol. The van der Waals surface area contributed by atoms with Gasteiger partial charge < -0.3 is 10.6 Å². The molecular weight excluding hydrogens is 318 g/mol. The number of amides is 2. The number of hydrogen-bond acceptors (Lipinski definition) is 4. The topological polar surface area (TPSA) is 79.3 Å². The molecule has 1 aromatic heterocycles. The van der Waals surface area contributed by atoms with Gasteiger partial charge in [-0.3, -0.25) is 14.5 Å². The molecule has 2 heterocycles. The van der Waals surface area contributed by atoms with Crippen molar-refractivity contribution in [2.75, 3.05) is 25.0 Å². The highest BCUT2D eigenvalue weighted by Gasteiger charge is 2.27. The van der Waals surface area contributed by atoms with E-state index in [9.17, 15) is 9.59 Å². The Kier molecular flexibility index (Phi) is 6.99. The fourth-order valence-corrected chi connectivity index (χ4v) is 3.17. The lowest BCUT2D eigenvalue weighted by atomic mass is 9.95. The van der Waals surface area contributed by atoms with Gasteiger partial charge in [0, 0.05) is 19.5 Å². The van der Waals surface area contributed by atoms with Crippen molar-refractivity contribution in [2.24, 2.45) is 5.92 Å². The van der Waals surface area contributed by atoms with E-state index in [0.29, 0.717) is 5.92 Å². The summed E-state index contributed by atoms with van der Waals surface area (Å²) in [5, 5.41) is 10.2. The summed E-state index contributed by atoms with van der Waals surface area (Å²) in [5.74, 6) is 1.28. The Morgan fingerprint density at radius 2 is 2.00 bits per heavy atom. The zero-order valence-corrected chi connectivity index (χ0v) is 15.8. The molecule has 25 heavy (non-hydrogen) atoms. The van der Waals surface area contributed by atoms with Crippen molar-refractivity contribution in [2.45, 2.75) is 59.0 Å². The summed E-state index contributed by atoms with van der Waals surface area (Å²) in [5.41, 5.74) is 0. The first kappa shape index (κ1) is 19.4. The van der Waals surface area contributed by atoms with E-state index in [1.54, 1.807) is 13.1 Å². The smallest absolute Gasteiger partial charge is 0.242 e. The van der Waals surface area contributed by atoms with Crippen molar-refractivity contribution in [1.82, 2.24) is 20.0 Å². The molecule has 7 nitrogen and oxygen atoms in total. The van der Waals surface area contributed by atoms with Gasteiger partial charge in [0.1, 0.15) is 5.82 Å². The van der Waals surface area contributed by atoms with Crippen LogP contribution in [0.25, 0.3) is 0 Å². The summed E-state index contributed by atoms with van der Waals surface area (Å²) in [6.07, 6.45) is 4.69. The third-order valence-corrected chi connectivity index (χ3v) is 5.15. The Hall–Kier alpha value is -1.89. The normalized spacial score (nSPS) is 18.6. The first-order valence-electron chi connectivity index (χ1n) is 9.25. The third kappa shape index (κ3) is 5.29. The second kappa shape index (κ2) is 8.99. The first-order chi connectivity index (χ1) is 11.9. The van der Waals surface area contributed by atoms with Gasteiger partial charge in [-0.1, -0.05) is 6.92 Å². The number of nitrogens with one attached hydrogen (secondary N) is 2. The van der Waals surface area contributed by atoms with Crippen LogP contribution in [0.1, 0.15) is 53.0 Å². The predicted molar refractivity (Wildman–Crippen MR) is 98.3 cm³/mol. The van der Waals surface area contributed by atoms with Crippen LogP contribution in [0.5, 0.6) is 0 Å². The van der Waals surface area contributed by atoms with Crippen LogP contribution >= 0.6 is 0 Å². The van der Waals surface area contributed by atoms with Crippen molar-refractivity contribution < 1.29 is 9.59 Å². The monoisotopic (exact) mass is 349 g/mol. The molecule has 1 fully saturated rings. The predicted octanol–water partition coefficient (Wildman–Crippen LogP) is 2.03. The molecule has 0 unspecified atom stereocenters. The van der Waals surface area contributed by atoms with E-state index in [-0.39, 0.29) is 23.9 Å². The highest BCUT2D eigenvalue weighted by molar-refractivity contribution is 5.93. The molecule has 2 rings (SSSR count). The number of carbonyl (C=O) groups is 2. The lowest BCUT2D eigenvalue weighted by Gasteiger charge is -2.35. The maximum absolute atomic E-state index is 12.6. The second-order valence-corrected chi connectivity index (χ2v) is 7.00. The van der Waals surface area contributed by atoms with Gasteiger partial charge in [-0.15, -0.1) is 0 Å². The molecule has 1 aliphatic rings. The van der Waals surface area contributed by atoms with Gasteiger partial charge in [0.05, 0.1) is 18.3 Å². The Morgan fingerprint density at radius 3 is 2.60 bits per heavy atom. The van der Waals surface area contributed by atoms with Crippen LogP contribution in [-0.4, -0.2) is 52.2 Å². The van der Waals surface area contributed by atoms with Crippen molar-refractivity contribution in [1.29, 1.82) is 0 Å². The molecule has 140 valence electrons. The van der Waals surface area contributed by atoms with Crippen LogP contribution in [0.15, 0.2) is 12.3 Å². The maximum Gasteiger partial charge on any atom is 0.242 e. The third-order valence-electron chi connectivity index (χ3n) is 5.15. The maximum atomic E-state index is 12.6. The summed E-state index contributed by atoms with van der Waals surface area (Å²) < 4.78 is 1.87. The number of hydrogen-bond donors (Lipinski definition) is 2. The molecule has 2 amide bonds. The van der Waals surface area contributed by atoms with Crippen LogP contribution in [-0.2, 0) is 9.59 Å². The van der Waals surface area contributed by atoms with Gasteiger partial charge >= 0.3 is 0 Å². The van der Waals surface area contributed by atoms with E-state index in [1.807, 2.05) is 17.7 Å². The average Bonchev–Trinajstić information content (AvgIpc) is 3.07. The molecule has 0 spiro atoms. The van der Waals surface area contributed by atoms with Gasteiger partial charge in [-0.2, -0.15) is 5.10 Å². The molecule has 0 aromatic carbocycles. The quantitative estimate of drug-likeness (QED) is 0.789. The minimum Gasteiger partial charge on any atom is -0.356 e. The number of carbonyl (C=O) groups excluding carboxylic acids is 2. The van der Waals surface area contributed by atoms with Crippen molar-refractivity contribution in [3.63, 3.8) is 0 Å². The van der Waals surface area contributed by atoms with E-state index in [2.05, 4.69) is 34.5 Å². The molecule has 0 saturated carbocycles.